The maximum atomic E-state index is 10.9. The van der Waals surface area contributed by atoms with E-state index < -0.39 is 10.4 Å². The van der Waals surface area contributed by atoms with Crippen molar-refractivity contribution in [3.8, 4) is 28.7 Å². The molecule has 110 heavy (non-hydrogen) atoms. The quantitative estimate of drug-likeness (QED) is 0.00843. The molecule has 20 nitrogen and oxygen atoms in total. The molecular formula is C82H96Cl7N9O11S. The van der Waals surface area contributed by atoms with Crippen LogP contribution in [0.2, 0.25) is 15.1 Å². The van der Waals surface area contributed by atoms with Gasteiger partial charge in [-0.1, -0.05) is 97.2 Å². The van der Waals surface area contributed by atoms with Crippen molar-refractivity contribution in [1.82, 2.24) is 29.7 Å². The Bertz CT molecular complexity index is 4770. The van der Waals surface area contributed by atoms with Crippen LogP contribution in [-0.2, 0) is 26.4 Å². The molecule has 0 aliphatic heterocycles. The zero-order valence-electron chi connectivity index (χ0n) is 62.4. The van der Waals surface area contributed by atoms with E-state index in [-0.39, 0.29) is 48.4 Å². The first-order chi connectivity index (χ1) is 53.0. The number of hydrogen-bond acceptors (Lipinski definition) is 18. The van der Waals surface area contributed by atoms with Gasteiger partial charge >= 0.3 is 10.4 Å². The molecule has 3 heterocycles. The second-order valence-corrected chi connectivity index (χ2v) is 29.7. The molecule has 0 spiro atoms. The van der Waals surface area contributed by atoms with E-state index in [4.69, 9.17) is 118 Å². The number of phenols is 2. The predicted molar refractivity (Wildman–Crippen MR) is 456 cm³/mol. The summed E-state index contributed by atoms with van der Waals surface area (Å²) in [5, 5.41) is 41.9. The van der Waals surface area contributed by atoms with Crippen LogP contribution >= 0.6 is 81.2 Å². The minimum Gasteiger partial charge on any atom is -0.504 e. The van der Waals surface area contributed by atoms with Gasteiger partial charge in [0, 0.05) is 146 Å². The second-order valence-electron chi connectivity index (χ2n) is 26.0. The molecule has 0 amide bonds. The highest BCUT2D eigenvalue weighted by Gasteiger charge is 2.22. The summed E-state index contributed by atoms with van der Waals surface area (Å²) in [6, 6.07) is 46.4. The summed E-state index contributed by atoms with van der Waals surface area (Å²) in [6.07, 6.45) is 10.4. The number of carbonyl (C=O) groups is 2. The number of halogens is 7. The molecule has 0 saturated carbocycles. The number of hydrogen-bond donors (Lipinski definition) is 7. The van der Waals surface area contributed by atoms with Gasteiger partial charge in [0.15, 0.2) is 23.0 Å². The smallest absolute Gasteiger partial charge is 0.394 e. The number of alkyl halides is 4. The van der Waals surface area contributed by atoms with Crippen LogP contribution in [-0.4, -0.2) is 178 Å². The number of nitrogens with one attached hydrogen (secondary N) is 3. The Kier molecular flexibility index (Phi) is 37.7. The average Bonchev–Trinajstić information content (AvgIpc) is 0.772. The van der Waals surface area contributed by atoms with E-state index in [0.717, 1.165) is 177 Å². The number of carbonyl (C=O) groups excluding carboxylic acids is 2. The van der Waals surface area contributed by atoms with Crippen molar-refractivity contribution >= 4 is 187 Å². The van der Waals surface area contributed by atoms with E-state index in [1.807, 2.05) is 146 Å². The Morgan fingerprint density at radius 2 is 0.873 bits per heavy atom. The SMILES string of the molecule is CC(CCCN(CCCl)CCCl)Nc1ccnc2cc(Cl)ccc12.CCN(CC)CCCC(C)Nc1ccnc2cc(Cl)ccc12.COc1ccc2nc3cc(Cl)ccc3c(NC(C)CCCN(CCCl)CCCl)c2c1.O=COc1cc2ccccc2c(Cc2c(O)c(OC=O)cc3ccccc23)c1O.O=S(=O)(O)O. The first kappa shape index (κ1) is 89.5. The zero-order valence-corrected chi connectivity index (χ0v) is 68.5. The molecule has 3 atom stereocenters. The van der Waals surface area contributed by atoms with Crippen molar-refractivity contribution in [1.29, 1.82) is 0 Å². The summed E-state index contributed by atoms with van der Waals surface area (Å²) in [7, 11) is -2.99. The fourth-order valence-corrected chi connectivity index (χ4v) is 14.3. The van der Waals surface area contributed by atoms with Crippen LogP contribution in [0, 0.1) is 0 Å². The number of nitrogens with zero attached hydrogens (tertiary/aromatic N) is 6. The van der Waals surface area contributed by atoms with E-state index in [2.05, 4.69) is 75.2 Å². The number of phenolic OH excluding ortho intramolecular Hbond substituents is 2. The number of fused-ring (bicyclic) bond motifs is 6. The maximum Gasteiger partial charge on any atom is 0.394 e. The normalized spacial score (nSPS) is 12.1. The fourth-order valence-electron chi connectivity index (χ4n) is 12.8. The van der Waals surface area contributed by atoms with Gasteiger partial charge in [0.25, 0.3) is 12.9 Å². The van der Waals surface area contributed by atoms with E-state index in [1.54, 1.807) is 19.2 Å². The number of rotatable bonds is 35. The van der Waals surface area contributed by atoms with Gasteiger partial charge in [-0.25, -0.2) is 4.98 Å². The number of benzene rings is 8. The molecule has 3 aromatic heterocycles. The van der Waals surface area contributed by atoms with Crippen molar-refractivity contribution in [2.24, 2.45) is 0 Å². The van der Waals surface area contributed by atoms with Gasteiger partial charge in [-0.05, 0) is 211 Å². The monoisotopic (exact) mass is 1660 g/mol. The van der Waals surface area contributed by atoms with Crippen LogP contribution in [0.1, 0.15) is 84.3 Å². The van der Waals surface area contributed by atoms with Gasteiger partial charge in [-0.15, -0.1) is 46.4 Å². The van der Waals surface area contributed by atoms with E-state index in [0.29, 0.717) is 56.8 Å². The minimum absolute atomic E-state index is 0.0257. The summed E-state index contributed by atoms with van der Waals surface area (Å²) in [6.45, 7) is 20.6. The van der Waals surface area contributed by atoms with Gasteiger partial charge < -0.3 is 55.1 Å². The molecule has 0 saturated heterocycles. The lowest BCUT2D eigenvalue weighted by atomic mass is 9.93. The Hall–Kier alpha value is -7.71. The van der Waals surface area contributed by atoms with Crippen LogP contribution in [0.3, 0.4) is 0 Å². The van der Waals surface area contributed by atoms with Crippen molar-refractivity contribution in [3.05, 3.63) is 184 Å². The third-order valence-electron chi connectivity index (χ3n) is 18.3. The van der Waals surface area contributed by atoms with Crippen LogP contribution in [0.5, 0.6) is 28.7 Å². The molecule has 8 aromatic carbocycles. The summed E-state index contributed by atoms with van der Waals surface area (Å²) in [4.78, 5) is 42.4. The summed E-state index contributed by atoms with van der Waals surface area (Å²) < 4.78 is 46.9. The van der Waals surface area contributed by atoms with Crippen LogP contribution in [0.15, 0.2) is 158 Å². The van der Waals surface area contributed by atoms with Crippen LogP contribution < -0.4 is 30.2 Å². The molecule has 11 rings (SSSR count). The summed E-state index contributed by atoms with van der Waals surface area (Å²) >= 11 is 41.8. The fraction of sp³-hybridized carbons (Fsp3) is 0.354. The molecule has 590 valence electrons. The number of ether oxygens (including phenoxy) is 3. The molecule has 7 N–H and O–H groups in total. The first-order valence-corrected chi connectivity index (χ1v) is 40.9. The van der Waals surface area contributed by atoms with E-state index in [9.17, 15) is 19.8 Å². The Labute approximate surface area is 679 Å². The highest BCUT2D eigenvalue weighted by atomic mass is 35.5. The highest BCUT2D eigenvalue weighted by molar-refractivity contribution is 7.79. The van der Waals surface area contributed by atoms with Crippen LogP contribution in [0.4, 0.5) is 17.1 Å². The van der Waals surface area contributed by atoms with Gasteiger partial charge in [0.2, 0.25) is 0 Å². The number of aromatic nitrogens is 3. The second kappa shape index (κ2) is 46.3. The molecule has 0 aliphatic rings. The van der Waals surface area contributed by atoms with Gasteiger partial charge in [0.05, 0.1) is 34.9 Å². The minimum atomic E-state index is -4.67. The summed E-state index contributed by atoms with van der Waals surface area (Å²) in [5.74, 6) is 3.03. The van der Waals surface area contributed by atoms with Crippen molar-refractivity contribution in [2.45, 2.75) is 97.7 Å². The van der Waals surface area contributed by atoms with Crippen molar-refractivity contribution in [2.75, 3.05) is 105 Å². The van der Waals surface area contributed by atoms with E-state index >= 15 is 0 Å². The van der Waals surface area contributed by atoms with Gasteiger partial charge in [0.1, 0.15) is 5.75 Å². The topological polar surface area (TPSA) is 261 Å². The molecule has 0 bridgehead atoms. The van der Waals surface area contributed by atoms with Crippen molar-refractivity contribution < 1.29 is 51.5 Å². The third kappa shape index (κ3) is 27.9. The number of methoxy groups -OCH3 is 1. The average molecular weight is 1660 g/mol. The lowest BCUT2D eigenvalue weighted by Gasteiger charge is -2.22. The van der Waals surface area contributed by atoms with Gasteiger partial charge in [-0.3, -0.25) is 28.7 Å². The Morgan fingerprint density at radius 3 is 1.28 bits per heavy atom. The largest absolute Gasteiger partial charge is 0.504 e. The molecule has 28 heteroatoms. The lowest BCUT2D eigenvalue weighted by Crippen LogP contribution is -2.30. The first-order valence-electron chi connectivity index (χ1n) is 36.2. The van der Waals surface area contributed by atoms with E-state index in [1.165, 1.54) is 13.0 Å². The number of pyridine rings is 3. The predicted octanol–water partition coefficient (Wildman–Crippen LogP) is 19.9. The maximum absolute atomic E-state index is 10.9. The van der Waals surface area contributed by atoms with Gasteiger partial charge in [-0.2, -0.15) is 8.42 Å². The van der Waals surface area contributed by atoms with Crippen LogP contribution in [0.25, 0.3) is 65.2 Å². The molecule has 0 fully saturated rings. The number of anilines is 3. The standard InChI is InChI=1S/C23H28Cl3N3O.C23H16O6.C18H24Cl3N3.C18H26ClN3.H2O4S/c1-16(4-3-11-29(12-9-24)13-10-25)27-23-19-7-5-17(26)14-22(19)28-21-8-6-18(30-2)15-20(21)23;24-12-28-20-9-14-5-1-3-7-16(14)18(22(20)26)11-19-17-8-4-2-6-15(17)10-21(23(19)27)29-13-25;1-14(3-2-10-24(11-7-19)12-8-20)23-17-6-9-22-18-13-15(21)4-5-16(17)18;1-4-22(5-2)12-6-7-14(3)21-17-10-11-20-18-13-15(19)8-9-16(17)18;1-5(2,3)4/h5-8,14-16H,3-4,9-13H2,1-2H3,(H,27,28);1-10,12-13,26-27H,11H2;4-6,9,13-14H,2-3,7-8,10-12H2,1H3,(H,22,23);8-11,13-14H,4-7,12H2,1-3H3,(H,20,21);(H2,1,2,3,4). The number of aromatic hydroxyl groups is 2. The third-order valence-corrected chi connectivity index (χ3v) is 19.6. The Morgan fingerprint density at radius 1 is 0.473 bits per heavy atom. The Balaban J connectivity index is 0.000000201. The van der Waals surface area contributed by atoms with Crippen molar-refractivity contribution in [3.63, 3.8) is 0 Å². The molecule has 3 unspecified atom stereocenters. The highest BCUT2D eigenvalue weighted by Crippen LogP contribution is 2.44. The molecule has 0 radical (unpaired) electrons. The summed E-state index contributed by atoms with van der Waals surface area (Å²) in [5.41, 5.74) is 7.90. The zero-order chi connectivity index (χ0) is 79.7. The molecule has 11 aromatic rings. The lowest BCUT2D eigenvalue weighted by molar-refractivity contribution is -0.121. The molecule has 0 aliphatic carbocycles. The molecular weight excluding hydrogens is 1570 g/mol.